The summed E-state index contributed by atoms with van der Waals surface area (Å²) in [6.45, 7) is 10.4. The first-order chi connectivity index (χ1) is 19.3. The van der Waals surface area contributed by atoms with Crippen LogP contribution in [0.2, 0.25) is 0 Å². The summed E-state index contributed by atoms with van der Waals surface area (Å²) in [5.41, 5.74) is 0.736. The molecule has 7 nitrogen and oxygen atoms in total. The molecule has 5 atom stereocenters. The van der Waals surface area contributed by atoms with Crippen molar-refractivity contribution in [3.63, 3.8) is 0 Å². The van der Waals surface area contributed by atoms with E-state index in [0.29, 0.717) is 19.3 Å². The summed E-state index contributed by atoms with van der Waals surface area (Å²) in [5, 5.41) is 11.7. The molecular weight excluding hydrogens is 524 g/mol. The zero-order chi connectivity index (χ0) is 28.5. The summed E-state index contributed by atoms with van der Waals surface area (Å²) in [4.78, 5) is 45.6. The molecule has 2 aromatic carbocycles. The maximum Gasteiger partial charge on any atom is 0.311 e. The molecule has 3 aliphatic heterocycles. The highest BCUT2D eigenvalue weighted by atomic mass is 32.2. The average Bonchev–Trinajstić information content (AvgIpc) is 3.52. The fourth-order valence-corrected chi connectivity index (χ4v) is 9.32. The Kier molecular flexibility index (Phi) is 8.11. The molecule has 2 amide bonds. The predicted molar refractivity (Wildman–Crippen MR) is 159 cm³/mol. The van der Waals surface area contributed by atoms with Gasteiger partial charge in [0.2, 0.25) is 5.91 Å². The number of aliphatic hydroxyl groups is 1. The Bertz CT molecular complexity index is 1330. The lowest BCUT2D eigenvalue weighted by atomic mass is 9.66. The number of benzene rings is 2. The van der Waals surface area contributed by atoms with E-state index in [0.717, 1.165) is 29.3 Å². The normalized spacial score (nSPS) is 28.5. The first-order valence-electron chi connectivity index (χ1n) is 14.1. The first-order valence-corrected chi connectivity index (χ1v) is 14.9. The van der Waals surface area contributed by atoms with Crippen LogP contribution in [0.1, 0.15) is 39.0 Å². The molecule has 2 unspecified atom stereocenters. The minimum absolute atomic E-state index is 0.0942. The van der Waals surface area contributed by atoms with Crippen LogP contribution in [0.15, 0.2) is 67.8 Å². The quantitative estimate of drug-likeness (QED) is 0.229. The van der Waals surface area contributed by atoms with E-state index >= 15 is 0 Å². The van der Waals surface area contributed by atoms with Crippen LogP contribution in [0.3, 0.4) is 0 Å². The number of ether oxygens (including phenoxy) is 1. The number of nitrogens with zero attached hydrogens (tertiary/aromatic N) is 2. The van der Waals surface area contributed by atoms with Crippen LogP contribution in [0.25, 0.3) is 10.8 Å². The maximum atomic E-state index is 14.6. The Morgan fingerprint density at radius 1 is 1.15 bits per heavy atom. The molecule has 3 heterocycles. The van der Waals surface area contributed by atoms with E-state index in [-0.39, 0.29) is 44.1 Å². The highest BCUT2D eigenvalue weighted by Gasteiger charge is 2.77. The molecule has 3 fully saturated rings. The number of carbonyl (C=O) groups excluding carboxylic acids is 3. The number of thioether (sulfide) groups is 1. The summed E-state index contributed by atoms with van der Waals surface area (Å²) < 4.78 is 4.47. The number of allylic oxidation sites excluding steroid dienone is 1. The van der Waals surface area contributed by atoms with E-state index in [2.05, 4.69) is 13.2 Å². The summed E-state index contributed by atoms with van der Waals surface area (Å²) in [5.74, 6) is -1.98. The Labute approximate surface area is 240 Å². The number of unbranched alkanes of at least 4 members (excludes halogenated alkanes) is 1. The van der Waals surface area contributed by atoms with E-state index in [9.17, 15) is 19.5 Å². The smallest absolute Gasteiger partial charge is 0.311 e. The third-order valence-corrected chi connectivity index (χ3v) is 10.7. The molecule has 3 saturated heterocycles. The molecule has 8 heteroatoms. The number of esters is 1. The van der Waals surface area contributed by atoms with Gasteiger partial charge >= 0.3 is 5.97 Å². The lowest BCUT2D eigenvalue weighted by molar-refractivity contribution is -0.155. The molecule has 0 aromatic heterocycles. The molecule has 3 aliphatic rings. The van der Waals surface area contributed by atoms with E-state index in [1.54, 1.807) is 33.7 Å². The second-order valence-corrected chi connectivity index (χ2v) is 13.1. The summed E-state index contributed by atoms with van der Waals surface area (Å²) >= 11 is 1.63. The summed E-state index contributed by atoms with van der Waals surface area (Å²) in [6.07, 6.45) is 6.66. The molecule has 0 saturated carbocycles. The van der Waals surface area contributed by atoms with Crippen molar-refractivity contribution in [2.75, 3.05) is 31.2 Å². The molecular formula is C32H38N2O5S. The van der Waals surface area contributed by atoms with Crippen LogP contribution >= 0.6 is 11.8 Å². The van der Waals surface area contributed by atoms with Gasteiger partial charge in [0, 0.05) is 30.1 Å². The number of hydrogen-bond donors (Lipinski definition) is 1. The summed E-state index contributed by atoms with van der Waals surface area (Å²) in [7, 11) is 0. The molecule has 2 aromatic rings. The van der Waals surface area contributed by atoms with Gasteiger partial charge in [-0.25, -0.2) is 0 Å². The third-order valence-electron chi connectivity index (χ3n) is 8.74. The first kappa shape index (κ1) is 28.4. The minimum Gasteiger partial charge on any atom is -0.465 e. The molecule has 1 spiro atoms. The van der Waals surface area contributed by atoms with Gasteiger partial charge in [-0.05, 0) is 61.9 Å². The van der Waals surface area contributed by atoms with Gasteiger partial charge in [-0.3, -0.25) is 14.4 Å². The van der Waals surface area contributed by atoms with Crippen LogP contribution in [-0.4, -0.2) is 69.6 Å². The fraction of sp³-hybridized carbons (Fsp3) is 0.469. The number of anilines is 1. The SMILES string of the molecule is C=CCCCOC(=O)[C@H]1[C@H]2C(=O)N(CCCO)C(C(=O)N(CC=C)c3ccc4ccccc4c3)C23CC[C@]1(C)S3. The van der Waals surface area contributed by atoms with E-state index in [1.165, 1.54) is 0 Å². The Morgan fingerprint density at radius 3 is 2.65 bits per heavy atom. The van der Waals surface area contributed by atoms with Gasteiger partial charge in [0.05, 0.1) is 23.2 Å². The van der Waals surface area contributed by atoms with Crippen LogP contribution in [0.4, 0.5) is 5.69 Å². The van der Waals surface area contributed by atoms with Crippen LogP contribution in [0, 0.1) is 11.8 Å². The van der Waals surface area contributed by atoms with Crippen molar-refractivity contribution in [1.82, 2.24) is 4.90 Å². The number of rotatable bonds is 12. The van der Waals surface area contributed by atoms with Gasteiger partial charge in [-0.15, -0.1) is 24.9 Å². The Morgan fingerprint density at radius 2 is 1.93 bits per heavy atom. The predicted octanol–water partition coefficient (Wildman–Crippen LogP) is 4.73. The molecule has 2 bridgehead atoms. The molecule has 1 N–H and O–H groups in total. The van der Waals surface area contributed by atoms with Crippen LogP contribution in [-0.2, 0) is 19.1 Å². The second-order valence-electron chi connectivity index (χ2n) is 11.2. The van der Waals surface area contributed by atoms with E-state index in [1.807, 2.05) is 49.4 Å². The number of amides is 2. The minimum atomic E-state index is -0.756. The maximum absolute atomic E-state index is 14.6. The van der Waals surface area contributed by atoms with Crippen molar-refractivity contribution in [2.45, 2.75) is 54.6 Å². The van der Waals surface area contributed by atoms with Crippen molar-refractivity contribution in [2.24, 2.45) is 11.8 Å². The number of likely N-dealkylation sites (tertiary alicyclic amines) is 1. The fourth-order valence-electron chi connectivity index (χ4n) is 6.98. The van der Waals surface area contributed by atoms with Crippen LogP contribution in [0.5, 0.6) is 0 Å². The van der Waals surface area contributed by atoms with Crippen molar-refractivity contribution in [3.8, 4) is 0 Å². The van der Waals surface area contributed by atoms with E-state index in [4.69, 9.17) is 4.74 Å². The van der Waals surface area contributed by atoms with Gasteiger partial charge < -0.3 is 19.6 Å². The van der Waals surface area contributed by atoms with Gasteiger partial charge in [0.25, 0.3) is 5.91 Å². The van der Waals surface area contributed by atoms with Crippen molar-refractivity contribution < 1.29 is 24.2 Å². The monoisotopic (exact) mass is 562 g/mol. The Balaban J connectivity index is 1.52. The van der Waals surface area contributed by atoms with Crippen molar-refractivity contribution in [3.05, 3.63) is 67.8 Å². The average molecular weight is 563 g/mol. The highest BCUT2D eigenvalue weighted by Crippen LogP contribution is 2.71. The standard InChI is InChI=1S/C32H38N2O5S/c1-4-6-9-20-39-30(38)26-25-28(36)34(18-10-19-35)27(32(25)16-15-31(26,3)40-32)29(37)33(17-5-2)24-14-13-22-11-7-8-12-23(22)21-24/h4-5,7-8,11-14,21,25-27,35H,1-2,6,9-10,15-20H2,3H3/t25-,26+,27?,31-,32?/m0/s1. The molecule has 40 heavy (non-hydrogen) atoms. The van der Waals surface area contributed by atoms with Gasteiger partial charge in [-0.2, -0.15) is 0 Å². The largest absolute Gasteiger partial charge is 0.465 e. The Hall–Kier alpha value is -3.10. The zero-order valence-corrected chi connectivity index (χ0v) is 23.9. The number of aliphatic hydroxyl groups excluding tert-OH is 1. The van der Waals surface area contributed by atoms with Gasteiger partial charge in [-0.1, -0.05) is 42.5 Å². The zero-order valence-electron chi connectivity index (χ0n) is 23.1. The lowest BCUT2D eigenvalue weighted by Gasteiger charge is -2.37. The topological polar surface area (TPSA) is 87.1 Å². The van der Waals surface area contributed by atoms with Gasteiger partial charge in [0.1, 0.15) is 6.04 Å². The molecule has 0 radical (unpaired) electrons. The lowest BCUT2D eigenvalue weighted by Crippen LogP contribution is -2.55. The third kappa shape index (κ3) is 4.65. The summed E-state index contributed by atoms with van der Waals surface area (Å²) in [6, 6.07) is 13.1. The van der Waals surface area contributed by atoms with Crippen molar-refractivity contribution in [1.29, 1.82) is 0 Å². The molecule has 212 valence electrons. The number of hydrogen-bond acceptors (Lipinski definition) is 6. The molecule has 0 aliphatic carbocycles. The van der Waals surface area contributed by atoms with Gasteiger partial charge in [0.15, 0.2) is 0 Å². The molecule has 5 rings (SSSR count). The van der Waals surface area contributed by atoms with E-state index < -0.39 is 27.4 Å². The number of carbonyl (C=O) groups is 3. The van der Waals surface area contributed by atoms with Crippen molar-refractivity contribution >= 4 is 46.0 Å². The highest BCUT2D eigenvalue weighted by molar-refractivity contribution is 8.02. The second kappa shape index (κ2) is 11.4. The van der Waals surface area contributed by atoms with Crippen LogP contribution < -0.4 is 4.90 Å². The number of fused-ring (bicyclic) bond motifs is 2.